The predicted octanol–water partition coefficient (Wildman–Crippen LogP) is 0.665. The van der Waals surface area contributed by atoms with Crippen LogP contribution in [-0.2, 0) is 14.8 Å². The quantitative estimate of drug-likeness (QED) is 0.703. The second-order valence-corrected chi connectivity index (χ2v) is 5.88. The predicted molar refractivity (Wildman–Crippen MR) is 56.1 cm³/mol. The molecule has 1 N–H and O–H groups in total. The molecule has 0 bridgehead atoms. The van der Waals surface area contributed by atoms with E-state index in [9.17, 15) is 13.2 Å². The van der Waals surface area contributed by atoms with E-state index in [1.165, 1.54) is 0 Å². The van der Waals surface area contributed by atoms with Gasteiger partial charge >= 0.3 is 5.97 Å². The van der Waals surface area contributed by atoms with Crippen molar-refractivity contribution in [2.75, 3.05) is 12.3 Å². The first kappa shape index (κ1) is 12.4. The van der Waals surface area contributed by atoms with Gasteiger partial charge in [0.05, 0.1) is 5.75 Å². The van der Waals surface area contributed by atoms with Crippen LogP contribution in [0.4, 0.5) is 0 Å². The highest BCUT2D eigenvalue weighted by Crippen LogP contribution is 2.29. The molecule has 0 aromatic heterocycles. The number of carboxylic acids is 1. The van der Waals surface area contributed by atoms with E-state index in [1.807, 2.05) is 6.92 Å². The zero-order valence-corrected chi connectivity index (χ0v) is 9.66. The second-order valence-electron chi connectivity index (χ2n) is 3.84. The van der Waals surface area contributed by atoms with Crippen LogP contribution in [-0.4, -0.2) is 42.1 Å². The Morgan fingerprint density at radius 1 is 1.47 bits per heavy atom. The number of hydrogen-bond acceptors (Lipinski definition) is 3. The van der Waals surface area contributed by atoms with E-state index >= 15 is 0 Å². The largest absolute Gasteiger partial charge is 0.480 e. The molecule has 0 saturated heterocycles. The summed E-state index contributed by atoms with van der Waals surface area (Å²) in [7, 11) is -3.36. The maximum Gasteiger partial charge on any atom is 0.318 e. The number of nitrogens with zero attached hydrogens (tertiary/aromatic N) is 1. The van der Waals surface area contributed by atoms with Gasteiger partial charge in [-0.3, -0.25) is 4.79 Å². The maximum atomic E-state index is 11.8. The molecule has 1 fully saturated rings. The Hall–Kier alpha value is -0.620. The zero-order valence-electron chi connectivity index (χ0n) is 8.85. The van der Waals surface area contributed by atoms with Crippen molar-refractivity contribution in [2.24, 2.45) is 0 Å². The molecule has 1 aliphatic rings. The molecular weight excluding hydrogens is 218 g/mol. The number of hydrogen-bond donors (Lipinski definition) is 1. The fourth-order valence-electron chi connectivity index (χ4n) is 1.39. The average Bonchev–Trinajstić information content (AvgIpc) is 2.94. The number of carbonyl (C=O) groups is 1. The Balaban J connectivity index is 2.65. The van der Waals surface area contributed by atoms with E-state index in [-0.39, 0.29) is 11.8 Å². The summed E-state index contributed by atoms with van der Waals surface area (Å²) in [6, 6.07) is -0.0667. The van der Waals surface area contributed by atoms with Crippen LogP contribution in [0.25, 0.3) is 0 Å². The standard InChI is InChI=1S/C9H17NO4S/c1-2-3-6-15(13,14)10(7-9(11)12)8-4-5-8/h8H,2-7H2,1H3,(H,11,12). The van der Waals surface area contributed by atoms with Crippen molar-refractivity contribution in [2.45, 2.75) is 38.6 Å². The molecule has 15 heavy (non-hydrogen) atoms. The van der Waals surface area contributed by atoms with E-state index in [0.717, 1.165) is 23.6 Å². The van der Waals surface area contributed by atoms with Crippen LogP contribution >= 0.6 is 0 Å². The van der Waals surface area contributed by atoms with Crippen molar-refractivity contribution in [3.63, 3.8) is 0 Å². The molecule has 5 nitrogen and oxygen atoms in total. The lowest BCUT2D eigenvalue weighted by Crippen LogP contribution is -2.38. The SMILES string of the molecule is CCCCS(=O)(=O)N(CC(=O)O)C1CC1. The van der Waals surface area contributed by atoms with Gasteiger partial charge in [0.25, 0.3) is 0 Å². The van der Waals surface area contributed by atoms with Crippen LogP contribution < -0.4 is 0 Å². The summed E-state index contributed by atoms with van der Waals surface area (Å²) in [5.74, 6) is -1.02. The first-order chi connectivity index (χ1) is 6.97. The molecule has 0 spiro atoms. The van der Waals surface area contributed by atoms with Crippen molar-refractivity contribution >= 4 is 16.0 Å². The number of rotatable bonds is 7. The van der Waals surface area contributed by atoms with Gasteiger partial charge < -0.3 is 5.11 Å². The highest BCUT2D eigenvalue weighted by atomic mass is 32.2. The lowest BCUT2D eigenvalue weighted by Gasteiger charge is -2.19. The highest BCUT2D eigenvalue weighted by Gasteiger charge is 2.37. The van der Waals surface area contributed by atoms with Gasteiger partial charge in [-0.1, -0.05) is 13.3 Å². The Bertz CT molecular complexity index is 321. The van der Waals surface area contributed by atoms with Crippen LogP contribution in [0.5, 0.6) is 0 Å². The summed E-state index contributed by atoms with van der Waals surface area (Å²) in [5.41, 5.74) is 0. The van der Waals surface area contributed by atoms with Crippen LogP contribution in [0.2, 0.25) is 0 Å². The highest BCUT2D eigenvalue weighted by molar-refractivity contribution is 7.89. The minimum Gasteiger partial charge on any atom is -0.480 e. The molecule has 0 atom stereocenters. The third kappa shape index (κ3) is 3.79. The number of carboxylic acid groups (broad SMARTS) is 1. The van der Waals surface area contributed by atoms with E-state index in [2.05, 4.69) is 0 Å². The fraction of sp³-hybridized carbons (Fsp3) is 0.889. The van der Waals surface area contributed by atoms with E-state index in [0.29, 0.717) is 6.42 Å². The van der Waals surface area contributed by atoms with Crippen molar-refractivity contribution in [1.29, 1.82) is 0 Å². The molecule has 0 unspecified atom stereocenters. The molecule has 0 aromatic rings. The van der Waals surface area contributed by atoms with E-state index in [4.69, 9.17) is 5.11 Å². The third-order valence-electron chi connectivity index (χ3n) is 2.36. The summed E-state index contributed by atoms with van der Waals surface area (Å²) < 4.78 is 24.7. The zero-order chi connectivity index (χ0) is 11.5. The molecule has 0 aliphatic heterocycles. The van der Waals surface area contributed by atoms with Gasteiger partial charge in [-0.25, -0.2) is 8.42 Å². The first-order valence-electron chi connectivity index (χ1n) is 5.18. The van der Waals surface area contributed by atoms with Gasteiger partial charge in [-0.15, -0.1) is 0 Å². The summed E-state index contributed by atoms with van der Waals surface area (Å²) >= 11 is 0. The van der Waals surface area contributed by atoms with Crippen LogP contribution in [0.15, 0.2) is 0 Å². The number of sulfonamides is 1. The normalized spacial score (nSPS) is 16.9. The molecule has 88 valence electrons. The molecule has 0 amide bonds. The van der Waals surface area contributed by atoms with Gasteiger partial charge in [0, 0.05) is 6.04 Å². The molecule has 0 heterocycles. The third-order valence-corrected chi connectivity index (χ3v) is 4.30. The number of aliphatic carboxylic acids is 1. The summed E-state index contributed by atoms with van der Waals surface area (Å²) in [4.78, 5) is 10.6. The molecule has 1 saturated carbocycles. The lowest BCUT2D eigenvalue weighted by molar-refractivity contribution is -0.137. The summed E-state index contributed by atoms with van der Waals surface area (Å²) in [6.07, 6.45) is 2.97. The van der Waals surface area contributed by atoms with Crippen LogP contribution in [0, 0.1) is 0 Å². The lowest BCUT2D eigenvalue weighted by atomic mass is 10.4. The summed E-state index contributed by atoms with van der Waals surface area (Å²) in [6.45, 7) is 1.52. The molecule has 0 aromatic carbocycles. The van der Waals surface area contributed by atoms with Crippen molar-refractivity contribution < 1.29 is 18.3 Å². The van der Waals surface area contributed by atoms with Crippen LogP contribution in [0.1, 0.15) is 32.6 Å². The Kier molecular flexibility index (Phi) is 4.10. The minimum absolute atomic E-state index is 0.0628. The van der Waals surface area contributed by atoms with Crippen molar-refractivity contribution in [3.8, 4) is 0 Å². The molecular formula is C9H17NO4S. The molecule has 1 rings (SSSR count). The van der Waals surface area contributed by atoms with Gasteiger partial charge in [0.2, 0.25) is 10.0 Å². The fourth-order valence-corrected chi connectivity index (χ4v) is 3.25. The van der Waals surface area contributed by atoms with E-state index in [1.54, 1.807) is 0 Å². The molecule has 0 radical (unpaired) electrons. The van der Waals surface area contributed by atoms with Gasteiger partial charge in [-0.05, 0) is 19.3 Å². The monoisotopic (exact) mass is 235 g/mol. The van der Waals surface area contributed by atoms with Gasteiger partial charge in [-0.2, -0.15) is 4.31 Å². The molecule has 1 aliphatic carbocycles. The van der Waals surface area contributed by atoms with Crippen molar-refractivity contribution in [1.82, 2.24) is 4.31 Å². The van der Waals surface area contributed by atoms with E-state index < -0.39 is 22.5 Å². The number of unbranched alkanes of at least 4 members (excludes halogenated alkanes) is 1. The molecule has 6 heteroatoms. The van der Waals surface area contributed by atoms with Gasteiger partial charge in [0.15, 0.2) is 0 Å². The second kappa shape index (κ2) is 4.94. The minimum atomic E-state index is -3.36. The van der Waals surface area contributed by atoms with Crippen molar-refractivity contribution in [3.05, 3.63) is 0 Å². The topological polar surface area (TPSA) is 74.7 Å². The van der Waals surface area contributed by atoms with Gasteiger partial charge in [0.1, 0.15) is 6.54 Å². The maximum absolute atomic E-state index is 11.8. The average molecular weight is 235 g/mol. The smallest absolute Gasteiger partial charge is 0.318 e. The first-order valence-corrected chi connectivity index (χ1v) is 6.79. The Morgan fingerprint density at radius 3 is 2.47 bits per heavy atom. The Morgan fingerprint density at radius 2 is 2.07 bits per heavy atom. The van der Waals surface area contributed by atoms with Crippen LogP contribution in [0.3, 0.4) is 0 Å². The Labute approximate surface area is 90.1 Å². The summed E-state index contributed by atoms with van der Waals surface area (Å²) in [5, 5.41) is 8.64.